The second kappa shape index (κ2) is 4.28. The van der Waals surface area contributed by atoms with Crippen molar-refractivity contribution in [3.8, 4) is 0 Å². The predicted octanol–water partition coefficient (Wildman–Crippen LogP) is -2.19. The van der Waals surface area contributed by atoms with Crippen LogP contribution in [0, 0.1) is 0 Å². The van der Waals surface area contributed by atoms with E-state index in [0.29, 0.717) is 0 Å². The van der Waals surface area contributed by atoms with Crippen LogP contribution in [0.3, 0.4) is 0 Å². The summed E-state index contributed by atoms with van der Waals surface area (Å²) in [6.45, 7) is 2.00. The van der Waals surface area contributed by atoms with Crippen molar-refractivity contribution in [2.75, 3.05) is 0 Å². The van der Waals surface area contributed by atoms with Crippen molar-refractivity contribution in [2.24, 2.45) is 7.05 Å². The molecule has 0 aliphatic heterocycles. The van der Waals surface area contributed by atoms with Crippen LogP contribution in [0.5, 0.6) is 0 Å². The second-order valence-electron chi connectivity index (χ2n) is 2.01. The van der Waals surface area contributed by atoms with Gasteiger partial charge in [0.1, 0.15) is 12.4 Å². The van der Waals surface area contributed by atoms with Crippen LogP contribution in [0.1, 0.15) is 6.92 Å². The van der Waals surface area contributed by atoms with Crippen LogP contribution >= 0.6 is 0 Å². The van der Waals surface area contributed by atoms with Gasteiger partial charge in [-0.3, -0.25) is 0 Å². The summed E-state index contributed by atoms with van der Waals surface area (Å²) < 4.78 is 4.00. The fourth-order valence-corrected chi connectivity index (χ4v) is 0.730. The molecule has 1 rings (SSSR count). The quantitative estimate of drug-likeness (QED) is 0.458. The molecule has 10 heavy (non-hydrogen) atoms. The largest absolute Gasteiger partial charge is 1.00 e. The Morgan fingerprint density at radius 2 is 2.20 bits per heavy atom. The number of hydrogen-bond donors (Lipinski definition) is 0. The van der Waals surface area contributed by atoms with Crippen molar-refractivity contribution in [1.82, 2.24) is 4.57 Å². The number of imidazole rings is 1. The lowest BCUT2D eigenvalue weighted by molar-refractivity contribution is -0.670. The van der Waals surface area contributed by atoms with Gasteiger partial charge in [-0.15, -0.1) is 0 Å². The minimum absolute atomic E-state index is 0. The van der Waals surface area contributed by atoms with E-state index < -0.39 is 0 Å². The highest BCUT2D eigenvalue weighted by molar-refractivity contribution is 5.18. The molecule has 3 heteroatoms. The zero-order valence-corrected chi connectivity index (χ0v) is 7.75. The molecule has 0 radical (unpaired) electrons. The van der Waals surface area contributed by atoms with Crippen LogP contribution in [-0.4, -0.2) is 4.57 Å². The summed E-state index contributed by atoms with van der Waals surface area (Å²) in [5.41, 5.74) is 0. The number of hydrogen-bond acceptors (Lipinski definition) is 0. The molecular weight excluding hydrogens is 192 g/mol. The second-order valence-corrected chi connectivity index (χ2v) is 2.01. The Morgan fingerprint density at radius 1 is 1.50 bits per heavy atom. The van der Waals surface area contributed by atoms with E-state index in [-0.39, 0.29) is 17.0 Å². The summed E-state index contributed by atoms with van der Waals surface area (Å²) >= 11 is 0. The first-order valence-electron chi connectivity index (χ1n) is 2.98. The lowest BCUT2D eigenvalue weighted by atomic mass is 10.7. The molecule has 0 fully saturated rings. The molecule has 0 aliphatic rings. The molecular formula is C7H11BrN2. The molecule has 0 spiro atoms. The molecule has 0 saturated heterocycles. The summed E-state index contributed by atoms with van der Waals surface area (Å²) in [5.74, 6) is 0. The SMILES string of the molecule is C/C=C/n1cc[n+](C)c1.[Br-]. The predicted molar refractivity (Wildman–Crippen MR) is 36.6 cm³/mol. The zero-order valence-electron chi connectivity index (χ0n) is 6.16. The maximum Gasteiger partial charge on any atom is 0.248 e. The highest BCUT2D eigenvalue weighted by Gasteiger charge is 1.91. The fraction of sp³-hybridized carbons (Fsp3) is 0.286. The minimum Gasteiger partial charge on any atom is -1.00 e. The number of rotatable bonds is 1. The van der Waals surface area contributed by atoms with Gasteiger partial charge in [0.15, 0.2) is 0 Å². The van der Waals surface area contributed by atoms with Crippen molar-refractivity contribution in [1.29, 1.82) is 0 Å². The average molecular weight is 203 g/mol. The van der Waals surface area contributed by atoms with Gasteiger partial charge in [-0.25, -0.2) is 9.13 Å². The highest BCUT2D eigenvalue weighted by Crippen LogP contribution is 1.82. The average Bonchev–Trinajstić information content (AvgIpc) is 2.17. The van der Waals surface area contributed by atoms with Crippen LogP contribution in [-0.2, 0) is 7.05 Å². The van der Waals surface area contributed by atoms with E-state index in [1.54, 1.807) is 0 Å². The van der Waals surface area contributed by atoms with Crippen molar-refractivity contribution in [3.63, 3.8) is 0 Å². The molecule has 0 aromatic carbocycles. The van der Waals surface area contributed by atoms with Crippen LogP contribution in [0.2, 0.25) is 0 Å². The number of aryl methyl sites for hydroxylation is 1. The maximum atomic E-state index is 2.00. The third-order valence-electron chi connectivity index (χ3n) is 1.11. The summed E-state index contributed by atoms with van der Waals surface area (Å²) in [4.78, 5) is 0. The minimum atomic E-state index is 0. The first kappa shape index (κ1) is 9.43. The van der Waals surface area contributed by atoms with Crippen LogP contribution in [0.25, 0.3) is 6.20 Å². The van der Waals surface area contributed by atoms with Gasteiger partial charge in [0.2, 0.25) is 6.33 Å². The van der Waals surface area contributed by atoms with E-state index in [4.69, 9.17) is 0 Å². The Bertz CT molecular complexity index is 215. The molecule has 0 saturated carbocycles. The monoisotopic (exact) mass is 202 g/mol. The topological polar surface area (TPSA) is 8.81 Å². The molecule has 1 heterocycles. The third kappa shape index (κ3) is 2.35. The van der Waals surface area contributed by atoms with Gasteiger partial charge in [-0.05, 0) is 13.0 Å². The highest BCUT2D eigenvalue weighted by atomic mass is 79.9. The molecule has 0 bridgehead atoms. The lowest BCUT2D eigenvalue weighted by Gasteiger charge is -1.77. The van der Waals surface area contributed by atoms with Gasteiger partial charge < -0.3 is 17.0 Å². The lowest BCUT2D eigenvalue weighted by Crippen LogP contribution is -3.00. The number of halogens is 1. The first-order valence-corrected chi connectivity index (χ1v) is 2.98. The maximum absolute atomic E-state index is 2.00. The van der Waals surface area contributed by atoms with Gasteiger partial charge in [0.05, 0.1) is 13.2 Å². The van der Waals surface area contributed by atoms with Crippen LogP contribution in [0.4, 0.5) is 0 Å². The molecule has 0 amide bonds. The Balaban J connectivity index is 0.000000810. The summed E-state index contributed by atoms with van der Waals surface area (Å²) in [6.07, 6.45) is 10.0. The van der Waals surface area contributed by atoms with Gasteiger partial charge >= 0.3 is 0 Å². The molecule has 56 valence electrons. The molecule has 0 aliphatic carbocycles. The van der Waals surface area contributed by atoms with Crippen molar-refractivity contribution >= 4 is 6.20 Å². The molecule has 2 nitrogen and oxygen atoms in total. The fourth-order valence-electron chi connectivity index (χ4n) is 0.730. The van der Waals surface area contributed by atoms with Crippen LogP contribution < -0.4 is 21.5 Å². The molecule has 1 aromatic rings. The third-order valence-corrected chi connectivity index (χ3v) is 1.11. The number of nitrogens with zero attached hydrogens (tertiary/aromatic N) is 2. The van der Waals surface area contributed by atoms with E-state index >= 15 is 0 Å². The summed E-state index contributed by atoms with van der Waals surface area (Å²) in [7, 11) is 2.00. The van der Waals surface area contributed by atoms with Gasteiger partial charge in [0.25, 0.3) is 0 Å². The van der Waals surface area contributed by atoms with Crippen LogP contribution in [0.15, 0.2) is 24.8 Å². The number of allylic oxidation sites excluding steroid dienone is 1. The van der Waals surface area contributed by atoms with E-state index in [2.05, 4.69) is 0 Å². The Kier molecular flexibility index (Phi) is 4.03. The van der Waals surface area contributed by atoms with Gasteiger partial charge in [0, 0.05) is 0 Å². The standard InChI is InChI=1S/C7H11N2.BrH/c1-3-4-9-6-5-8(2)7-9;/h3-7H,1-2H3;1H/q+1;/p-1/b4-3+;. The normalized spacial score (nSPS) is 9.80. The van der Waals surface area contributed by atoms with Crippen molar-refractivity contribution < 1.29 is 21.5 Å². The van der Waals surface area contributed by atoms with Crippen molar-refractivity contribution in [2.45, 2.75) is 6.92 Å². The smallest absolute Gasteiger partial charge is 0.248 e. The van der Waals surface area contributed by atoms with E-state index in [1.807, 2.05) is 54.1 Å². The van der Waals surface area contributed by atoms with E-state index in [1.165, 1.54) is 0 Å². The van der Waals surface area contributed by atoms with Gasteiger partial charge in [-0.2, -0.15) is 0 Å². The summed E-state index contributed by atoms with van der Waals surface area (Å²) in [6, 6.07) is 0. The Hall–Kier alpha value is -0.570. The number of aromatic nitrogens is 2. The zero-order chi connectivity index (χ0) is 6.69. The Labute approximate surface area is 71.6 Å². The molecule has 1 aromatic heterocycles. The van der Waals surface area contributed by atoms with E-state index in [9.17, 15) is 0 Å². The van der Waals surface area contributed by atoms with E-state index in [0.717, 1.165) is 0 Å². The Morgan fingerprint density at radius 3 is 2.60 bits per heavy atom. The summed E-state index contributed by atoms with van der Waals surface area (Å²) in [5, 5.41) is 0. The molecule has 0 atom stereocenters. The molecule has 0 N–H and O–H groups in total. The molecule has 0 unspecified atom stereocenters. The van der Waals surface area contributed by atoms with Crippen molar-refractivity contribution in [3.05, 3.63) is 24.8 Å². The van der Waals surface area contributed by atoms with Gasteiger partial charge in [-0.1, -0.05) is 0 Å². The first-order chi connectivity index (χ1) is 4.33.